The number of aryl methyl sites for hydroxylation is 1. The number of nitrogen functional groups attached to an aromatic ring is 1. The normalized spacial score (nSPS) is 23.6. The molecule has 3 atom stereocenters. The molecule has 3 aliphatic heterocycles. The first-order valence-corrected chi connectivity index (χ1v) is 16.4. The third-order valence-electron chi connectivity index (χ3n) is 6.97. The van der Waals surface area contributed by atoms with Gasteiger partial charge in [-0.1, -0.05) is 16.2 Å². The molecular weight excluding hydrogens is 607 g/mol. The van der Waals surface area contributed by atoms with E-state index in [0.717, 1.165) is 41.3 Å². The highest BCUT2D eigenvalue weighted by Crippen LogP contribution is 2.42. The van der Waals surface area contributed by atoms with E-state index in [1.165, 1.54) is 40.2 Å². The Morgan fingerprint density at radius 2 is 2.22 bits per heavy atom. The molecule has 0 bridgehead atoms. The molecule has 6 rings (SSSR count). The summed E-state index contributed by atoms with van der Waals surface area (Å²) in [5.74, 6) is -1.26. The van der Waals surface area contributed by atoms with E-state index in [1.807, 2.05) is 23.9 Å². The number of pyridine rings is 1. The van der Waals surface area contributed by atoms with Gasteiger partial charge < -0.3 is 26.2 Å². The molecule has 0 spiro atoms. The number of carbonyl (C=O) groups is 3. The summed E-state index contributed by atoms with van der Waals surface area (Å²) in [6.07, 6.45) is 7.14. The van der Waals surface area contributed by atoms with Gasteiger partial charge in [0.2, 0.25) is 0 Å². The molecule has 0 radical (unpaired) electrons. The number of β-lactam (4-membered cyclic amide) rings is 1. The van der Waals surface area contributed by atoms with Gasteiger partial charge in [-0.3, -0.25) is 14.5 Å². The van der Waals surface area contributed by atoms with Gasteiger partial charge in [-0.25, -0.2) is 4.98 Å². The lowest BCUT2D eigenvalue weighted by molar-refractivity contribution is -0.590. The molecule has 4 N–H and O–H groups in total. The number of hydrogen-bond donors (Lipinski definition) is 3. The Balaban J connectivity index is 1.10. The molecule has 4 aliphatic rings. The van der Waals surface area contributed by atoms with Gasteiger partial charge in [0, 0.05) is 23.3 Å². The number of carboxylic acids is 1. The molecule has 2 aromatic heterocycles. The molecule has 2 aromatic rings. The van der Waals surface area contributed by atoms with Crippen molar-refractivity contribution in [1.29, 1.82) is 0 Å². The van der Waals surface area contributed by atoms with E-state index in [4.69, 9.17) is 5.73 Å². The Hall–Kier alpha value is -3.34. The Morgan fingerprint density at radius 3 is 2.93 bits per heavy atom. The lowest BCUT2D eigenvalue weighted by Crippen LogP contribution is -2.71. The van der Waals surface area contributed by atoms with Crippen molar-refractivity contribution in [2.45, 2.75) is 35.3 Å². The van der Waals surface area contributed by atoms with Crippen molar-refractivity contribution in [1.82, 2.24) is 15.2 Å². The number of aliphatic imine (C=N–C) groups is 1. The lowest BCUT2D eigenvalue weighted by Gasteiger charge is -2.50. The first kappa shape index (κ1) is 27.8. The SMILES string of the molecule is Nc1nc(/C(=N/O)C(=O)N[C@@H]2C(=O)N3C(C(=O)[O-])=C(CSC4C=NC([n+]5cccc6c5CCC6)=CS4)CSC23)cs1. The van der Waals surface area contributed by atoms with Crippen molar-refractivity contribution in [3.05, 3.63) is 57.3 Å². The average Bonchev–Trinajstić information content (AvgIpc) is 3.64. The zero-order chi connectivity index (χ0) is 28.7. The number of carbonyl (C=O) groups excluding carboxylic acids is 3. The van der Waals surface area contributed by atoms with E-state index in [2.05, 4.69) is 31.1 Å². The van der Waals surface area contributed by atoms with E-state index >= 15 is 0 Å². The van der Waals surface area contributed by atoms with Gasteiger partial charge in [0.05, 0.1) is 23.3 Å². The summed E-state index contributed by atoms with van der Waals surface area (Å²) in [7, 11) is 0. The number of rotatable bonds is 8. The minimum Gasteiger partial charge on any atom is -0.543 e. The molecule has 0 aromatic carbocycles. The van der Waals surface area contributed by atoms with Crippen LogP contribution in [0.1, 0.15) is 23.4 Å². The second-order valence-corrected chi connectivity index (χ2v) is 13.8. The number of nitrogens with zero attached hydrogens (tertiary/aromatic N) is 5. The molecule has 1 fully saturated rings. The zero-order valence-electron chi connectivity index (χ0n) is 21.3. The lowest BCUT2D eigenvalue weighted by atomic mass is 10.0. The van der Waals surface area contributed by atoms with Gasteiger partial charge in [0.1, 0.15) is 33.6 Å². The first-order valence-electron chi connectivity index (χ1n) is 12.5. The van der Waals surface area contributed by atoms with E-state index in [0.29, 0.717) is 17.1 Å². The predicted octanol–water partition coefficient (Wildman–Crippen LogP) is 0.417. The Labute approximate surface area is 250 Å². The van der Waals surface area contributed by atoms with Gasteiger partial charge in [-0.15, -0.1) is 46.6 Å². The van der Waals surface area contributed by atoms with Crippen LogP contribution in [0.25, 0.3) is 5.82 Å². The summed E-state index contributed by atoms with van der Waals surface area (Å²) in [6, 6.07) is 3.20. The predicted molar refractivity (Wildman–Crippen MR) is 157 cm³/mol. The van der Waals surface area contributed by atoms with Crippen molar-refractivity contribution >= 4 is 87.3 Å². The Bertz CT molecular complexity index is 1570. The van der Waals surface area contributed by atoms with Gasteiger partial charge in [-0.05, 0) is 30.0 Å². The van der Waals surface area contributed by atoms with Crippen LogP contribution in [0.15, 0.2) is 50.5 Å². The second-order valence-electron chi connectivity index (χ2n) is 9.39. The number of nitrogens with one attached hydrogen (secondary N) is 1. The molecule has 1 aliphatic carbocycles. The Morgan fingerprint density at radius 1 is 1.37 bits per heavy atom. The number of anilines is 1. The third-order valence-corrected chi connectivity index (χ3v) is 11.4. The van der Waals surface area contributed by atoms with Crippen LogP contribution in [0.4, 0.5) is 5.13 Å². The summed E-state index contributed by atoms with van der Waals surface area (Å²) in [5, 5.41) is 30.0. The maximum absolute atomic E-state index is 13.0. The number of amides is 2. The van der Waals surface area contributed by atoms with E-state index < -0.39 is 34.9 Å². The van der Waals surface area contributed by atoms with Crippen molar-refractivity contribution in [3.63, 3.8) is 0 Å². The highest BCUT2D eigenvalue weighted by Gasteiger charge is 2.53. The fourth-order valence-electron chi connectivity index (χ4n) is 5.07. The third kappa shape index (κ3) is 5.24. The summed E-state index contributed by atoms with van der Waals surface area (Å²) in [5.41, 5.74) is 8.33. The number of hydrogen-bond acceptors (Lipinski definition) is 13. The number of thioether (sulfide) groups is 3. The molecular formula is C25H23N7O5S4. The Kier molecular flexibility index (Phi) is 7.80. The van der Waals surface area contributed by atoms with Crippen LogP contribution in [0, 0.1) is 0 Å². The minimum atomic E-state index is -1.44. The van der Waals surface area contributed by atoms with Crippen molar-refractivity contribution in [3.8, 4) is 0 Å². The first-order chi connectivity index (χ1) is 19.9. The maximum atomic E-state index is 13.0. The van der Waals surface area contributed by atoms with Gasteiger partial charge in [-0.2, -0.15) is 4.57 Å². The highest BCUT2D eigenvalue weighted by molar-refractivity contribution is 8.19. The monoisotopic (exact) mass is 629 g/mol. The molecule has 41 heavy (non-hydrogen) atoms. The molecule has 5 heterocycles. The molecule has 2 unspecified atom stereocenters. The average molecular weight is 630 g/mol. The number of fused-ring (bicyclic) bond motifs is 2. The fraction of sp³-hybridized carbons (Fsp3) is 0.320. The standard InChI is InChI=1S/C25H23N7O5S4/c26-25-28-14(10-41-25)18(30-37)21(33)29-19-22(34)32-20(24(35)36)13(9-40-23(19)32)8-38-17-7-27-16(11-39-17)31-6-2-4-12-3-1-5-15(12)31/h2,4,6-7,10-11,17,19,23H,1,3,5,8-9H2,(H4-,26,28,29,33,35,36,37)/t17?,19-,23?/m1/s1. The van der Waals surface area contributed by atoms with E-state index in [1.54, 1.807) is 11.8 Å². The number of nitrogens with two attached hydrogens (primary N) is 1. The summed E-state index contributed by atoms with van der Waals surface area (Å²) < 4.78 is 2.11. The summed E-state index contributed by atoms with van der Waals surface area (Å²) >= 11 is 5.54. The van der Waals surface area contributed by atoms with Crippen LogP contribution in [-0.4, -0.2) is 72.3 Å². The fourth-order valence-corrected chi connectivity index (χ4v) is 9.09. The molecule has 1 saturated heterocycles. The number of thiazole rings is 1. The number of aromatic nitrogens is 2. The summed E-state index contributed by atoms with van der Waals surface area (Å²) in [4.78, 5) is 47.6. The number of carboxylic acid groups (broad SMARTS) is 1. The molecule has 16 heteroatoms. The van der Waals surface area contributed by atoms with Crippen LogP contribution < -0.4 is 20.7 Å². The largest absolute Gasteiger partial charge is 0.543 e. The van der Waals surface area contributed by atoms with E-state index in [-0.39, 0.29) is 21.1 Å². The van der Waals surface area contributed by atoms with Crippen molar-refractivity contribution in [2.75, 3.05) is 17.2 Å². The quantitative estimate of drug-likeness (QED) is 0.122. The smallest absolute Gasteiger partial charge is 0.333 e. The van der Waals surface area contributed by atoms with Crippen LogP contribution >= 0.6 is 46.6 Å². The molecule has 212 valence electrons. The number of aliphatic carboxylic acids is 1. The van der Waals surface area contributed by atoms with Gasteiger partial charge >= 0.3 is 5.82 Å². The minimum absolute atomic E-state index is 0.0237. The van der Waals surface area contributed by atoms with Crippen LogP contribution in [0.2, 0.25) is 0 Å². The van der Waals surface area contributed by atoms with Crippen LogP contribution in [-0.2, 0) is 27.2 Å². The molecule has 2 amide bonds. The maximum Gasteiger partial charge on any atom is 0.333 e. The highest BCUT2D eigenvalue weighted by atomic mass is 32.2. The molecule has 0 saturated carbocycles. The molecule has 12 nitrogen and oxygen atoms in total. The van der Waals surface area contributed by atoms with Crippen molar-refractivity contribution in [2.24, 2.45) is 10.1 Å². The van der Waals surface area contributed by atoms with Gasteiger partial charge in [0.25, 0.3) is 11.8 Å². The second kappa shape index (κ2) is 11.5. The van der Waals surface area contributed by atoms with Gasteiger partial charge in [0.15, 0.2) is 10.8 Å². The summed E-state index contributed by atoms with van der Waals surface area (Å²) in [6.45, 7) is 0. The van der Waals surface area contributed by atoms with E-state index in [9.17, 15) is 24.7 Å². The topological polar surface area (TPSA) is 177 Å². The van der Waals surface area contributed by atoms with Crippen molar-refractivity contribution < 1.29 is 29.3 Å². The van der Waals surface area contributed by atoms with Crippen LogP contribution in [0.3, 0.4) is 0 Å². The zero-order valence-corrected chi connectivity index (χ0v) is 24.5. The van der Waals surface area contributed by atoms with Crippen LogP contribution in [0.5, 0.6) is 0 Å². The number of oxime groups is 1.